The van der Waals surface area contributed by atoms with Gasteiger partial charge in [-0.05, 0) is 18.8 Å². The van der Waals surface area contributed by atoms with Gasteiger partial charge in [0.15, 0.2) is 0 Å². The third-order valence-electron chi connectivity index (χ3n) is 4.59. The van der Waals surface area contributed by atoms with Crippen molar-refractivity contribution >= 4 is 5.91 Å². The van der Waals surface area contributed by atoms with Gasteiger partial charge in [-0.15, -0.1) is 0 Å². The zero-order valence-electron chi connectivity index (χ0n) is 12.4. The molecule has 2 aliphatic rings. The van der Waals surface area contributed by atoms with Gasteiger partial charge in [0.1, 0.15) is 0 Å². The van der Waals surface area contributed by atoms with Crippen LogP contribution in [-0.2, 0) is 9.53 Å². The molecule has 1 heterocycles. The SMILES string of the molecule is CC(=O)N1CCN(CCO[C@@H]2CCCC[C@H]2C)CC1. The van der Waals surface area contributed by atoms with Crippen molar-refractivity contribution in [1.82, 2.24) is 9.80 Å². The first-order valence-corrected chi connectivity index (χ1v) is 7.76. The van der Waals surface area contributed by atoms with Crippen molar-refractivity contribution in [3.63, 3.8) is 0 Å². The molecule has 0 unspecified atom stereocenters. The first-order chi connectivity index (χ1) is 9.16. The highest BCUT2D eigenvalue weighted by Crippen LogP contribution is 2.26. The van der Waals surface area contributed by atoms with Crippen LogP contribution in [-0.4, -0.2) is 61.1 Å². The number of piperazine rings is 1. The molecule has 0 aromatic carbocycles. The minimum absolute atomic E-state index is 0.201. The van der Waals surface area contributed by atoms with Gasteiger partial charge in [-0.2, -0.15) is 0 Å². The van der Waals surface area contributed by atoms with E-state index in [4.69, 9.17) is 4.74 Å². The fourth-order valence-corrected chi connectivity index (χ4v) is 3.15. The summed E-state index contributed by atoms with van der Waals surface area (Å²) in [4.78, 5) is 15.6. The van der Waals surface area contributed by atoms with Crippen LogP contribution in [0.5, 0.6) is 0 Å². The summed E-state index contributed by atoms with van der Waals surface area (Å²) in [5.41, 5.74) is 0. The highest BCUT2D eigenvalue weighted by atomic mass is 16.5. The second-order valence-electron chi connectivity index (χ2n) is 6.02. The molecule has 4 nitrogen and oxygen atoms in total. The molecule has 2 atom stereocenters. The molecule has 0 aromatic heterocycles. The summed E-state index contributed by atoms with van der Waals surface area (Å²) in [6, 6.07) is 0. The summed E-state index contributed by atoms with van der Waals surface area (Å²) in [5, 5.41) is 0. The summed E-state index contributed by atoms with van der Waals surface area (Å²) >= 11 is 0. The van der Waals surface area contributed by atoms with Crippen LogP contribution in [0.25, 0.3) is 0 Å². The molecule has 1 saturated heterocycles. The van der Waals surface area contributed by atoms with E-state index in [-0.39, 0.29) is 5.91 Å². The van der Waals surface area contributed by atoms with Crippen LogP contribution >= 0.6 is 0 Å². The molecule has 0 N–H and O–H groups in total. The molecule has 19 heavy (non-hydrogen) atoms. The molecule has 110 valence electrons. The lowest BCUT2D eigenvalue weighted by Gasteiger charge is -2.35. The molecule has 0 bridgehead atoms. The first kappa shape index (κ1) is 14.8. The molecule has 2 fully saturated rings. The Morgan fingerprint density at radius 1 is 1.16 bits per heavy atom. The Morgan fingerprint density at radius 3 is 2.47 bits per heavy atom. The standard InChI is InChI=1S/C15H28N2O2/c1-13-5-3-4-6-15(13)19-12-11-16-7-9-17(10-8-16)14(2)18/h13,15H,3-12H2,1-2H3/t13-,15-/m1/s1. The Balaban J connectivity index is 1.60. The number of hydrogen-bond acceptors (Lipinski definition) is 3. The Kier molecular flexibility index (Phi) is 5.64. The molecule has 2 rings (SSSR count). The smallest absolute Gasteiger partial charge is 0.219 e. The Labute approximate surface area is 117 Å². The van der Waals surface area contributed by atoms with Gasteiger partial charge >= 0.3 is 0 Å². The second kappa shape index (κ2) is 7.25. The van der Waals surface area contributed by atoms with Crippen molar-refractivity contribution in [3.05, 3.63) is 0 Å². The largest absolute Gasteiger partial charge is 0.377 e. The van der Waals surface area contributed by atoms with Gasteiger partial charge in [-0.1, -0.05) is 19.8 Å². The zero-order chi connectivity index (χ0) is 13.7. The van der Waals surface area contributed by atoms with E-state index in [2.05, 4.69) is 11.8 Å². The number of hydrogen-bond donors (Lipinski definition) is 0. The number of ether oxygens (including phenoxy) is 1. The number of rotatable bonds is 4. The summed E-state index contributed by atoms with van der Waals surface area (Å²) in [6.45, 7) is 9.54. The highest BCUT2D eigenvalue weighted by molar-refractivity contribution is 5.73. The van der Waals surface area contributed by atoms with E-state index < -0.39 is 0 Å². The van der Waals surface area contributed by atoms with E-state index in [0.717, 1.165) is 45.2 Å². The molecule has 4 heteroatoms. The van der Waals surface area contributed by atoms with Crippen molar-refractivity contribution in [3.8, 4) is 0 Å². The fourth-order valence-electron chi connectivity index (χ4n) is 3.15. The second-order valence-corrected chi connectivity index (χ2v) is 6.02. The van der Waals surface area contributed by atoms with E-state index in [1.807, 2.05) is 4.90 Å². The maximum absolute atomic E-state index is 11.2. The lowest BCUT2D eigenvalue weighted by atomic mass is 9.88. The Hall–Kier alpha value is -0.610. The van der Waals surface area contributed by atoms with Crippen molar-refractivity contribution in [1.29, 1.82) is 0 Å². The van der Waals surface area contributed by atoms with Gasteiger partial charge in [0, 0.05) is 39.6 Å². The van der Waals surface area contributed by atoms with Gasteiger partial charge in [0.25, 0.3) is 0 Å². The average molecular weight is 268 g/mol. The van der Waals surface area contributed by atoms with Crippen LogP contribution in [0.15, 0.2) is 0 Å². The summed E-state index contributed by atoms with van der Waals surface area (Å²) < 4.78 is 6.05. The highest BCUT2D eigenvalue weighted by Gasteiger charge is 2.22. The Bertz CT molecular complexity index is 288. The normalized spacial score (nSPS) is 29.5. The quantitative estimate of drug-likeness (QED) is 0.778. The van der Waals surface area contributed by atoms with E-state index in [0.29, 0.717) is 6.10 Å². The molecular weight excluding hydrogens is 240 g/mol. The lowest BCUT2D eigenvalue weighted by Crippen LogP contribution is -2.49. The number of carbonyl (C=O) groups is 1. The van der Waals surface area contributed by atoms with Crippen molar-refractivity contribution < 1.29 is 9.53 Å². The van der Waals surface area contributed by atoms with E-state index >= 15 is 0 Å². The number of carbonyl (C=O) groups excluding carboxylic acids is 1. The fraction of sp³-hybridized carbons (Fsp3) is 0.933. The molecule has 1 aliphatic heterocycles. The van der Waals surface area contributed by atoms with Gasteiger partial charge in [0.2, 0.25) is 5.91 Å². The molecule has 0 radical (unpaired) electrons. The predicted molar refractivity (Wildman–Crippen MR) is 76.1 cm³/mol. The van der Waals surface area contributed by atoms with Gasteiger partial charge in [-0.25, -0.2) is 0 Å². The maximum Gasteiger partial charge on any atom is 0.219 e. The van der Waals surface area contributed by atoms with Crippen molar-refractivity contribution in [2.45, 2.75) is 45.6 Å². The molecular formula is C15H28N2O2. The van der Waals surface area contributed by atoms with E-state index in [9.17, 15) is 4.79 Å². The maximum atomic E-state index is 11.2. The summed E-state index contributed by atoms with van der Waals surface area (Å²) in [5.74, 6) is 0.926. The topological polar surface area (TPSA) is 32.8 Å². The first-order valence-electron chi connectivity index (χ1n) is 7.76. The monoisotopic (exact) mass is 268 g/mol. The van der Waals surface area contributed by atoms with Crippen molar-refractivity contribution in [2.24, 2.45) is 5.92 Å². The van der Waals surface area contributed by atoms with E-state index in [1.54, 1.807) is 6.92 Å². The van der Waals surface area contributed by atoms with Crippen LogP contribution in [0.1, 0.15) is 39.5 Å². The number of nitrogens with zero attached hydrogens (tertiary/aromatic N) is 2. The zero-order valence-corrected chi connectivity index (χ0v) is 12.4. The third-order valence-corrected chi connectivity index (χ3v) is 4.59. The van der Waals surface area contributed by atoms with Crippen LogP contribution in [0, 0.1) is 5.92 Å². The van der Waals surface area contributed by atoms with Gasteiger partial charge in [-0.3, -0.25) is 9.69 Å². The van der Waals surface area contributed by atoms with Crippen LogP contribution < -0.4 is 0 Å². The van der Waals surface area contributed by atoms with Crippen LogP contribution in [0.4, 0.5) is 0 Å². The Morgan fingerprint density at radius 2 is 1.84 bits per heavy atom. The molecule has 1 aliphatic carbocycles. The minimum atomic E-state index is 0.201. The predicted octanol–water partition coefficient (Wildman–Crippen LogP) is 1.75. The summed E-state index contributed by atoms with van der Waals surface area (Å²) in [7, 11) is 0. The molecule has 1 saturated carbocycles. The van der Waals surface area contributed by atoms with Gasteiger partial charge < -0.3 is 9.64 Å². The van der Waals surface area contributed by atoms with Crippen LogP contribution in [0.3, 0.4) is 0 Å². The number of amides is 1. The molecule has 0 aromatic rings. The van der Waals surface area contributed by atoms with Crippen molar-refractivity contribution in [2.75, 3.05) is 39.3 Å². The van der Waals surface area contributed by atoms with Crippen LogP contribution in [0.2, 0.25) is 0 Å². The van der Waals surface area contributed by atoms with E-state index in [1.165, 1.54) is 25.7 Å². The lowest BCUT2D eigenvalue weighted by molar-refractivity contribution is -0.130. The summed E-state index contributed by atoms with van der Waals surface area (Å²) in [6.07, 6.45) is 5.73. The van der Waals surface area contributed by atoms with Gasteiger partial charge in [0.05, 0.1) is 12.7 Å². The minimum Gasteiger partial charge on any atom is -0.377 e. The third kappa shape index (κ3) is 4.46. The average Bonchev–Trinajstić information content (AvgIpc) is 2.41. The molecule has 0 spiro atoms. The molecule has 1 amide bonds.